The van der Waals surface area contributed by atoms with Crippen LogP contribution in [0.15, 0.2) is 18.2 Å². The van der Waals surface area contributed by atoms with Crippen LogP contribution in [0.4, 0.5) is 5.69 Å². The summed E-state index contributed by atoms with van der Waals surface area (Å²) in [5.41, 5.74) is 8.08. The van der Waals surface area contributed by atoms with Crippen molar-refractivity contribution in [2.45, 2.75) is 45.3 Å². The molecule has 2 aliphatic rings. The third kappa shape index (κ3) is 3.35. The van der Waals surface area contributed by atoms with Gasteiger partial charge in [0, 0.05) is 19.1 Å². The van der Waals surface area contributed by atoms with E-state index in [0.717, 1.165) is 43.1 Å². The van der Waals surface area contributed by atoms with Gasteiger partial charge in [-0.15, -0.1) is 0 Å². The maximum Gasteiger partial charge on any atom is 0.267 e. The summed E-state index contributed by atoms with van der Waals surface area (Å²) in [5.74, 6) is 0.824. The average Bonchev–Trinajstić information content (AvgIpc) is 3.07. The van der Waals surface area contributed by atoms with Crippen molar-refractivity contribution in [3.63, 3.8) is 0 Å². The van der Waals surface area contributed by atoms with Gasteiger partial charge in [-0.2, -0.15) is 0 Å². The molecule has 0 radical (unpaired) electrons. The minimum Gasteiger partial charge on any atom is -0.479 e. The van der Waals surface area contributed by atoms with E-state index in [1.165, 1.54) is 12.8 Å². The Morgan fingerprint density at radius 1 is 1.30 bits per heavy atom. The van der Waals surface area contributed by atoms with E-state index < -0.39 is 6.10 Å². The molecular formula is C18H27N3O2. The van der Waals surface area contributed by atoms with E-state index in [9.17, 15) is 4.79 Å². The smallest absolute Gasteiger partial charge is 0.267 e. The lowest BCUT2D eigenvalue weighted by Crippen LogP contribution is -2.47. The topological polar surface area (TPSA) is 58.8 Å². The van der Waals surface area contributed by atoms with Crippen LogP contribution in [-0.4, -0.2) is 43.1 Å². The first kappa shape index (κ1) is 16.3. The zero-order valence-corrected chi connectivity index (χ0v) is 14.1. The van der Waals surface area contributed by atoms with E-state index in [2.05, 4.69) is 11.8 Å². The van der Waals surface area contributed by atoms with Gasteiger partial charge in [-0.25, -0.2) is 0 Å². The summed E-state index contributed by atoms with van der Waals surface area (Å²) in [4.78, 5) is 16.9. The van der Waals surface area contributed by atoms with Crippen molar-refractivity contribution in [1.82, 2.24) is 4.90 Å². The molecule has 2 heterocycles. The van der Waals surface area contributed by atoms with Gasteiger partial charge in [0.2, 0.25) is 0 Å². The fraction of sp³-hybridized carbons (Fsp3) is 0.611. The fourth-order valence-electron chi connectivity index (χ4n) is 3.37. The number of ether oxygens (including phenoxy) is 1. The van der Waals surface area contributed by atoms with Gasteiger partial charge < -0.3 is 20.3 Å². The first-order valence-corrected chi connectivity index (χ1v) is 8.70. The van der Waals surface area contributed by atoms with E-state index in [1.807, 2.05) is 30.0 Å². The standard InChI is InChI=1S/C18H27N3O2/c1-3-15(19)14-6-7-17-16(12-14)21(18(22)13(2)23-17)11-10-20-8-4-5-9-20/h6-7,12-13,15H,3-5,8-11,19H2,1-2H3. The average molecular weight is 317 g/mol. The van der Waals surface area contributed by atoms with E-state index in [1.54, 1.807) is 0 Å². The molecule has 0 bridgehead atoms. The number of nitrogens with zero attached hydrogens (tertiary/aromatic N) is 2. The quantitative estimate of drug-likeness (QED) is 0.905. The van der Waals surface area contributed by atoms with Crippen LogP contribution in [0, 0.1) is 0 Å². The van der Waals surface area contributed by atoms with Gasteiger partial charge in [0.05, 0.1) is 5.69 Å². The van der Waals surface area contributed by atoms with E-state index in [-0.39, 0.29) is 11.9 Å². The molecule has 1 aromatic carbocycles. The number of carbonyl (C=O) groups excluding carboxylic acids is 1. The molecule has 0 spiro atoms. The first-order valence-electron chi connectivity index (χ1n) is 8.70. The minimum absolute atomic E-state index is 0.00446. The molecule has 2 unspecified atom stereocenters. The summed E-state index contributed by atoms with van der Waals surface area (Å²) in [7, 11) is 0. The number of fused-ring (bicyclic) bond motifs is 1. The third-order valence-electron chi connectivity index (χ3n) is 4.90. The first-order chi connectivity index (χ1) is 11.1. The number of amides is 1. The van der Waals surface area contributed by atoms with Crippen LogP contribution >= 0.6 is 0 Å². The van der Waals surface area contributed by atoms with E-state index in [4.69, 9.17) is 10.5 Å². The Kier molecular flexibility index (Phi) is 4.87. The van der Waals surface area contributed by atoms with Gasteiger partial charge in [0.15, 0.2) is 6.10 Å². The molecule has 0 aromatic heterocycles. The molecule has 1 aromatic rings. The normalized spacial score (nSPS) is 22.8. The Bertz CT molecular complexity index is 569. The Balaban J connectivity index is 1.83. The largest absolute Gasteiger partial charge is 0.479 e. The molecular weight excluding hydrogens is 290 g/mol. The van der Waals surface area contributed by atoms with Crippen LogP contribution < -0.4 is 15.4 Å². The van der Waals surface area contributed by atoms with E-state index >= 15 is 0 Å². The molecule has 2 aliphatic heterocycles. The maximum absolute atomic E-state index is 12.6. The fourth-order valence-corrected chi connectivity index (χ4v) is 3.37. The van der Waals surface area contributed by atoms with Crippen LogP contribution in [-0.2, 0) is 4.79 Å². The summed E-state index contributed by atoms with van der Waals surface area (Å²) in [6.07, 6.45) is 2.98. The van der Waals surface area contributed by atoms with Gasteiger partial charge in [-0.05, 0) is 57.0 Å². The molecule has 1 fully saturated rings. The van der Waals surface area contributed by atoms with Crippen molar-refractivity contribution in [3.05, 3.63) is 23.8 Å². The van der Waals surface area contributed by atoms with Crippen molar-refractivity contribution >= 4 is 11.6 Å². The molecule has 126 valence electrons. The number of hydrogen-bond acceptors (Lipinski definition) is 4. The number of likely N-dealkylation sites (tertiary alicyclic amines) is 1. The predicted octanol–water partition coefficient (Wildman–Crippen LogP) is 2.31. The van der Waals surface area contributed by atoms with Crippen molar-refractivity contribution < 1.29 is 9.53 Å². The van der Waals surface area contributed by atoms with Crippen molar-refractivity contribution in [3.8, 4) is 5.75 Å². The Morgan fingerprint density at radius 3 is 2.74 bits per heavy atom. The third-order valence-corrected chi connectivity index (χ3v) is 4.90. The molecule has 5 nitrogen and oxygen atoms in total. The number of rotatable bonds is 5. The van der Waals surface area contributed by atoms with Crippen LogP contribution in [0.2, 0.25) is 0 Å². The zero-order chi connectivity index (χ0) is 16.4. The van der Waals surface area contributed by atoms with Crippen LogP contribution in [0.1, 0.15) is 44.7 Å². The lowest BCUT2D eigenvalue weighted by atomic mass is 10.0. The zero-order valence-electron chi connectivity index (χ0n) is 14.1. The summed E-state index contributed by atoms with van der Waals surface area (Å²) in [5, 5.41) is 0. The number of benzene rings is 1. The summed E-state index contributed by atoms with van der Waals surface area (Å²) in [6, 6.07) is 5.98. The summed E-state index contributed by atoms with van der Waals surface area (Å²) < 4.78 is 5.77. The second kappa shape index (κ2) is 6.89. The maximum atomic E-state index is 12.6. The number of nitrogens with two attached hydrogens (primary N) is 1. The SMILES string of the molecule is CCC(N)c1ccc2c(c1)N(CCN1CCCC1)C(=O)C(C)O2. The van der Waals surface area contributed by atoms with Gasteiger partial charge >= 0.3 is 0 Å². The van der Waals surface area contributed by atoms with E-state index in [0.29, 0.717) is 6.54 Å². The number of carbonyl (C=O) groups is 1. The molecule has 1 amide bonds. The lowest BCUT2D eigenvalue weighted by Gasteiger charge is -2.34. The summed E-state index contributed by atoms with van der Waals surface area (Å²) >= 11 is 0. The molecule has 5 heteroatoms. The molecule has 2 atom stereocenters. The van der Waals surface area contributed by atoms with Crippen molar-refractivity contribution in [1.29, 1.82) is 0 Å². The number of hydrogen-bond donors (Lipinski definition) is 1. The second-order valence-corrected chi connectivity index (χ2v) is 6.54. The molecule has 23 heavy (non-hydrogen) atoms. The molecule has 0 saturated carbocycles. The number of anilines is 1. The monoisotopic (exact) mass is 317 g/mol. The lowest BCUT2D eigenvalue weighted by molar-refractivity contribution is -0.125. The molecule has 1 saturated heterocycles. The summed E-state index contributed by atoms with van der Waals surface area (Å²) in [6.45, 7) is 7.80. The van der Waals surface area contributed by atoms with Crippen LogP contribution in [0.3, 0.4) is 0 Å². The minimum atomic E-state index is -0.424. The Morgan fingerprint density at radius 2 is 2.04 bits per heavy atom. The highest BCUT2D eigenvalue weighted by atomic mass is 16.5. The Hall–Kier alpha value is -1.59. The van der Waals surface area contributed by atoms with Gasteiger partial charge in [-0.3, -0.25) is 4.79 Å². The van der Waals surface area contributed by atoms with Crippen molar-refractivity contribution in [2.75, 3.05) is 31.1 Å². The van der Waals surface area contributed by atoms with Gasteiger partial charge in [0.1, 0.15) is 5.75 Å². The highest BCUT2D eigenvalue weighted by Gasteiger charge is 2.32. The van der Waals surface area contributed by atoms with Gasteiger partial charge in [-0.1, -0.05) is 13.0 Å². The molecule has 3 rings (SSSR count). The van der Waals surface area contributed by atoms with Crippen LogP contribution in [0.5, 0.6) is 5.75 Å². The predicted molar refractivity (Wildman–Crippen MR) is 91.8 cm³/mol. The highest BCUT2D eigenvalue weighted by molar-refractivity contribution is 5.99. The second-order valence-electron chi connectivity index (χ2n) is 6.54. The van der Waals surface area contributed by atoms with Crippen molar-refractivity contribution in [2.24, 2.45) is 5.73 Å². The van der Waals surface area contributed by atoms with Gasteiger partial charge in [0.25, 0.3) is 5.91 Å². The highest BCUT2D eigenvalue weighted by Crippen LogP contribution is 2.36. The molecule has 2 N–H and O–H groups in total. The Labute approximate surface area is 138 Å². The molecule has 0 aliphatic carbocycles. The van der Waals surface area contributed by atoms with Crippen LogP contribution in [0.25, 0.3) is 0 Å².